The smallest absolute Gasteiger partial charge is 0.305 e. The first-order valence-corrected chi connectivity index (χ1v) is 5.65. The molecule has 1 aromatic rings. The zero-order valence-electron chi connectivity index (χ0n) is 10.5. The van der Waals surface area contributed by atoms with Crippen molar-refractivity contribution in [2.75, 3.05) is 7.11 Å². The second kappa shape index (κ2) is 5.69. The second-order valence-corrected chi connectivity index (χ2v) is 4.59. The molecule has 0 fully saturated rings. The predicted molar refractivity (Wildman–Crippen MR) is 65.4 cm³/mol. The second-order valence-electron chi connectivity index (χ2n) is 4.59. The summed E-state index contributed by atoms with van der Waals surface area (Å²) in [4.78, 5) is 11.1. The number of carbonyl (C=O) groups is 1. The van der Waals surface area contributed by atoms with Crippen molar-refractivity contribution in [3.05, 3.63) is 34.9 Å². The number of ether oxygens (including phenoxy) is 1. The fourth-order valence-electron chi connectivity index (χ4n) is 2.03. The lowest BCUT2D eigenvalue weighted by atomic mass is 9.96. The standard InChI is InChI=1S/C14H20O2/c1-10-5-11(2)7-13(6-10)8-12(3)9-14(15)16-4/h5-7,12H,8-9H2,1-4H3. The van der Waals surface area contributed by atoms with Crippen LogP contribution in [0.25, 0.3) is 0 Å². The normalized spacial score (nSPS) is 12.2. The van der Waals surface area contributed by atoms with E-state index in [4.69, 9.17) is 0 Å². The first-order chi connectivity index (χ1) is 7.51. The minimum absolute atomic E-state index is 0.128. The van der Waals surface area contributed by atoms with Gasteiger partial charge in [-0.3, -0.25) is 4.79 Å². The summed E-state index contributed by atoms with van der Waals surface area (Å²) in [5.41, 5.74) is 3.86. The van der Waals surface area contributed by atoms with Crippen LogP contribution in [0.15, 0.2) is 18.2 Å². The third kappa shape index (κ3) is 4.05. The molecule has 0 N–H and O–H groups in total. The quantitative estimate of drug-likeness (QED) is 0.729. The third-order valence-corrected chi connectivity index (χ3v) is 2.61. The summed E-state index contributed by atoms with van der Waals surface area (Å²) >= 11 is 0. The maximum atomic E-state index is 11.1. The minimum Gasteiger partial charge on any atom is -0.469 e. The summed E-state index contributed by atoms with van der Waals surface area (Å²) in [6.07, 6.45) is 1.42. The van der Waals surface area contributed by atoms with Crippen molar-refractivity contribution in [2.24, 2.45) is 5.92 Å². The van der Waals surface area contributed by atoms with Gasteiger partial charge in [0.2, 0.25) is 0 Å². The van der Waals surface area contributed by atoms with Gasteiger partial charge in [0.25, 0.3) is 0 Å². The highest BCUT2D eigenvalue weighted by Crippen LogP contribution is 2.15. The van der Waals surface area contributed by atoms with E-state index in [-0.39, 0.29) is 5.97 Å². The van der Waals surface area contributed by atoms with Crippen LogP contribution in [0.5, 0.6) is 0 Å². The molecule has 1 atom stereocenters. The molecule has 0 aromatic heterocycles. The van der Waals surface area contributed by atoms with Gasteiger partial charge in [-0.2, -0.15) is 0 Å². The van der Waals surface area contributed by atoms with E-state index in [2.05, 4.69) is 43.7 Å². The predicted octanol–water partition coefficient (Wildman–Crippen LogP) is 3.05. The number of carbonyl (C=O) groups excluding carboxylic acids is 1. The molecule has 0 aliphatic carbocycles. The van der Waals surface area contributed by atoms with Gasteiger partial charge in [0, 0.05) is 6.42 Å². The van der Waals surface area contributed by atoms with Crippen LogP contribution in [0.4, 0.5) is 0 Å². The molecule has 16 heavy (non-hydrogen) atoms. The Morgan fingerprint density at radius 2 is 1.81 bits per heavy atom. The number of rotatable bonds is 4. The first-order valence-electron chi connectivity index (χ1n) is 5.65. The lowest BCUT2D eigenvalue weighted by molar-refractivity contribution is -0.141. The lowest BCUT2D eigenvalue weighted by Crippen LogP contribution is -2.09. The van der Waals surface area contributed by atoms with E-state index in [1.54, 1.807) is 0 Å². The van der Waals surface area contributed by atoms with Gasteiger partial charge in [-0.15, -0.1) is 0 Å². The van der Waals surface area contributed by atoms with Crippen LogP contribution in [0.3, 0.4) is 0 Å². The largest absolute Gasteiger partial charge is 0.469 e. The SMILES string of the molecule is COC(=O)CC(C)Cc1cc(C)cc(C)c1. The molecule has 2 heteroatoms. The van der Waals surface area contributed by atoms with Gasteiger partial charge in [0.1, 0.15) is 0 Å². The van der Waals surface area contributed by atoms with Gasteiger partial charge in [0.15, 0.2) is 0 Å². The van der Waals surface area contributed by atoms with Gasteiger partial charge >= 0.3 is 5.97 Å². The van der Waals surface area contributed by atoms with E-state index < -0.39 is 0 Å². The van der Waals surface area contributed by atoms with Gasteiger partial charge in [-0.1, -0.05) is 36.2 Å². The van der Waals surface area contributed by atoms with Crippen LogP contribution < -0.4 is 0 Å². The monoisotopic (exact) mass is 220 g/mol. The topological polar surface area (TPSA) is 26.3 Å². The summed E-state index contributed by atoms with van der Waals surface area (Å²) in [7, 11) is 1.44. The number of hydrogen-bond acceptors (Lipinski definition) is 2. The number of benzene rings is 1. The summed E-state index contributed by atoms with van der Waals surface area (Å²) in [6.45, 7) is 6.28. The fraction of sp³-hybridized carbons (Fsp3) is 0.500. The van der Waals surface area contributed by atoms with E-state index in [9.17, 15) is 4.79 Å². The molecule has 1 rings (SSSR count). The molecule has 0 saturated heterocycles. The zero-order valence-corrected chi connectivity index (χ0v) is 10.5. The zero-order chi connectivity index (χ0) is 12.1. The third-order valence-electron chi connectivity index (χ3n) is 2.61. The molecule has 0 amide bonds. The Bertz CT molecular complexity index is 349. The number of esters is 1. The summed E-state index contributed by atoms with van der Waals surface area (Å²) < 4.78 is 4.67. The Balaban J connectivity index is 2.62. The molecule has 0 aliphatic heterocycles. The molecule has 0 saturated carbocycles. The molecule has 0 aliphatic rings. The Labute approximate surface area is 97.6 Å². The highest BCUT2D eigenvalue weighted by molar-refractivity contribution is 5.69. The van der Waals surface area contributed by atoms with Crippen molar-refractivity contribution in [3.8, 4) is 0 Å². The molecule has 1 aromatic carbocycles. The number of methoxy groups -OCH3 is 1. The number of hydrogen-bond donors (Lipinski definition) is 0. The van der Waals surface area contributed by atoms with Gasteiger partial charge in [-0.25, -0.2) is 0 Å². The molecule has 1 unspecified atom stereocenters. The lowest BCUT2D eigenvalue weighted by Gasteiger charge is -2.11. The molecule has 88 valence electrons. The highest BCUT2D eigenvalue weighted by atomic mass is 16.5. The molecule has 0 bridgehead atoms. The van der Waals surface area contributed by atoms with Crippen molar-refractivity contribution in [3.63, 3.8) is 0 Å². The van der Waals surface area contributed by atoms with Crippen LogP contribution in [-0.2, 0) is 16.0 Å². The Morgan fingerprint density at radius 3 is 2.31 bits per heavy atom. The first kappa shape index (κ1) is 12.8. The Morgan fingerprint density at radius 1 is 1.25 bits per heavy atom. The maximum absolute atomic E-state index is 11.1. The van der Waals surface area contributed by atoms with Crippen molar-refractivity contribution < 1.29 is 9.53 Å². The van der Waals surface area contributed by atoms with Gasteiger partial charge < -0.3 is 4.74 Å². The van der Waals surface area contributed by atoms with Crippen LogP contribution in [0.2, 0.25) is 0 Å². The number of aryl methyl sites for hydroxylation is 2. The van der Waals surface area contributed by atoms with E-state index >= 15 is 0 Å². The van der Waals surface area contributed by atoms with E-state index in [1.165, 1.54) is 23.8 Å². The van der Waals surface area contributed by atoms with Gasteiger partial charge in [-0.05, 0) is 31.7 Å². The van der Waals surface area contributed by atoms with Gasteiger partial charge in [0.05, 0.1) is 7.11 Å². The fourth-order valence-corrected chi connectivity index (χ4v) is 2.03. The van der Waals surface area contributed by atoms with Crippen LogP contribution in [-0.4, -0.2) is 13.1 Å². The maximum Gasteiger partial charge on any atom is 0.305 e. The van der Waals surface area contributed by atoms with E-state index in [0.717, 1.165) is 6.42 Å². The van der Waals surface area contributed by atoms with Crippen molar-refractivity contribution in [1.82, 2.24) is 0 Å². The molecule has 2 nitrogen and oxygen atoms in total. The molecule has 0 radical (unpaired) electrons. The van der Waals surface area contributed by atoms with E-state index in [0.29, 0.717) is 12.3 Å². The average molecular weight is 220 g/mol. The van der Waals surface area contributed by atoms with Crippen LogP contribution in [0, 0.1) is 19.8 Å². The molecule has 0 heterocycles. The van der Waals surface area contributed by atoms with E-state index in [1.807, 2.05) is 0 Å². The molecule has 0 spiro atoms. The van der Waals surface area contributed by atoms with Crippen molar-refractivity contribution in [2.45, 2.75) is 33.6 Å². The summed E-state index contributed by atoms with van der Waals surface area (Å²) in [6, 6.07) is 6.52. The summed E-state index contributed by atoms with van der Waals surface area (Å²) in [5.74, 6) is 0.200. The molecular weight excluding hydrogens is 200 g/mol. The van der Waals surface area contributed by atoms with Crippen molar-refractivity contribution >= 4 is 5.97 Å². The average Bonchev–Trinajstić information content (AvgIpc) is 2.15. The Hall–Kier alpha value is -1.31. The minimum atomic E-state index is -0.128. The highest BCUT2D eigenvalue weighted by Gasteiger charge is 2.10. The van der Waals surface area contributed by atoms with Crippen LogP contribution >= 0.6 is 0 Å². The summed E-state index contributed by atoms with van der Waals surface area (Å²) in [5, 5.41) is 0. The Kier molecular flexibility index (Phi) is 4.53. The molecular formula is C14H20O2. The van der Waals surface area contributed by atoms with Crippen molar-refractivity contribution in [1.29, 1.82) is 0 Å². The van der Waals surface area contributed by atoms with Crippen LogP contribution in [0.1, 0.15) is 30.0 Å².